The number of fused-ring (bicyclic) bond motifs is 1. The Labute approximate surface area is 111 Å². The molecular weight excluding hydrogens is 248 g/mol. The molecular formula is C14H16O3S. The summed E-state index contributed by atoms with van der Waals surface area (Å²) < 4.78 is 0. The first-order valence-electron chi connectivity index (χ1n) is 5.82. The second kappa shape index (κ2) is 5.61. The zero-order valence-electron chi connectivity index (χ0n) is 9.82. The molecule has 0 saturated carbocycles. The number of thiol groups is 1. The summed E-state index contributed by atoms with van der Waals surface area (Å²) in [6.07, 6.45) is -1.65. The lowest BCUT2D eigenvalue weighted by molar-refractivity contribution is 0.0160. The fraction of sp³-hybridized carbons (Fsp3) is 0.286. The molecule has 0 aliphatic carbocycles. The van der Waals surface area contributed by atoms with Crippen LogP contribution in [-0.4, -0.2) is 27.2 Å². The van der Waals surface area contributed by atoms with Crippen LogP contribution in [0.25, 0.3) is 10.8 Å². The van der Waals surface area contributed by atoms with Crippen LogP contribution in [-0.2, 0) is 0 Å². The average Bonchev–Trinajstić information content (AvgIpc) is 2.39. The molecule has 2 atom stereocenters. The van der Waals surface area contributed by atoms with E-state index < -0.39 is 12.2 Å². The lowest BCUT2D eigenvalue weighted by Crippen LogP contribution is -2.18. The Morgan fingerprint density at radius 1 is 1.06 bits per heavy atom. The number of phenolic OH excluding ortho intramolecular Hbond substituents is 1. The minimum Gasteiger partial charge on any atom is -0.507 e. The Hall–Kier alpha value is -1.23. The summed E-state index contributed by atoms with van der Waals surface area (Å²) >= 11 is 4.02. The third-order valence-electron chi connectivity index (χ3n) is 3.04. The molecule has 0 fully saturated rings. The molecule has 0 saturated heterocycles. The molecule has 0 aliphatic heterocycles. The van der Waals surface area contributed by atoms with Crippen molar-refractivity contribution in [1.29, 1.82) is 0 Å². The summed E-state index contributed by atoms with van der Waals surface area (Å²) in [5.74, 6) is 0.505. The summed E-state index contributed by atoms with van der Waals surface area (Å²) in [6.45, 7) is 0. The molecule has 0 amide bonds. The van der Waals surface area contributed by atoms with E-state index in [1.807, 2.05) is 24.3 Å². The molecule has 3 nitrogen and oxygen atoms in total. The molecule has 96 valence electrons. The van der Waals surface area contributed by atoms with Crippen molar-refractivity contribution in [3.05, 3.63) is 42.0 Å². The molecule has 2 aromatic carbocycles. The summed E-state index contributed by atoms with van der Waals surface area (Å²) in [4.78, 5) is 0. The van der Waals surface area contributed by atoms with Gasteiger partial charge in [0, 0.05) is 10.9 Å². The Morgan fingerprint density at radius 3 is 2.50 bits per heavy atom. The Morgan fingerprint density at radius 2 is 1.78 bits per heavy atom. The predicted octanol–water partition coefficient (Wildman–Crippen LogP) is 2.26. The van der Waals surface area contributed by atoms with Crippen LogP contribution >= 0.6 is 12.6 Å². The fourth-order valence-corrected chi connectivity index (χ4v) is 2.27. The molecule has 0 radical (unpaired) electrons. The second-order valence-electron chi connectivity index (χ2n) is 4.25. The standard InChI is InChI=1S/C14H16O3S/c15-12(7-8-18)14(17)11-6-5-9-3-1-2-4-10(9)13(11)16/h1-6,12,14-18H,7-8H2. The maximum absolute atomic E-state index is 10.1. The van der Waals surface area contributed by atoms with Gasteiger partial charge in [-0.15, -0.1) is 0 Å². The Kier molecular flexibility index (Phi) is 4.11. The first-order chi connectivity index (χ1) is 8.65. The zero-order valence-corrected chi connectivity index (χ0v) is 10.7. The minimum atomic E-state index is -1.10. The third-order valence-corrected chi connectivity index (χ3v) is 3.30. The second-order valence-corrected chi connectivity index (χ2v) is 4.70. The quantitative estimate of drug-likeness (QED) is 0.641. The van der Waals surface area contributed by atoms with Gasteiger partial charge >= 0.3 is 0 Å². The van der Waals surface area contributed by atoms with E-state index in [0.29, 0.717) is 23.1 Å². The van der Waals surface area contributed by atoms with Crippen LogP contribution in [0.3, 0.4) is 0 Å². The lowest BCUT2D eigenvalue weighted by Gasteiger charge is -2.19. The van der Waals surface area contributed by atoms with E-state index in [-0.39, 0.29) is 5.75 Å². The van der Waals surface area contributed by atoms with Crippen molar-refractivity contribution in [2.45, 2.75) is 18.6 Å². The molecule has 0 aromatic heterocycles. The normalized spacial score (nSPS) is 14.6. The molecule has 18 heavy (non-hydrogen) atoms. The Balaban J connectivity index is 2.42. The van der Waals surface area contributed by atoms with E-state index in [4.69, 9.17) is 0 Å². The van der Waals surface area contributed by atoms with E-state index in [0.717, 1.165) is 5.39 Å². The zero-order chi connectivity index (χ0) is 13.1. The van der Waals surface area contributed by atoms with Gasteiger partial charge in [-0.1, -0.05) is 36.4 Å². The largest absolute Gasteiger partial charge is 0.507 e. The van der Waals surface area contributed by atoms with Gasteiger partial charge in [0.1, 0.15) is 11.9 Å². The topological polar surface area (TPSA) is 60.7 Å². The first kappa shape index (κ1) is 13.2. The number of aromatic hydroxyl groups is 1. The molecule has 4 heteroatoms. The van der Waals surface area contributed by atoms with Crippen molar-refractivity contribution in [3.8, 4) is 5.75 Å². The highest BCUT2D eigenvalue weighted by Crippen LogP contribution is 2.34. The molecule has 0 aliphatic rings. The van der Waals surface area contributed by atoms with Crippen molar-refractivity contribution >= 4 is 23.4 Å². The molecule has 3 N–H and O–H groups in total. The van der Waals surface area contributed by atoms with E-state index >= 15 is 0 Å². The van der Waals surface area contributed by atoms with Crippen molar-refractivity contribution in [1.82, 2.24) is 0 Å². The number of hydrogen-bond donors (Lipinski definition) is 4. The van der Waals surface area contributed by atoms with Crippen LogP contribution in [0.5, 0.6) is 5.75 Å². The van der Waals surface area contributed by atoms with E-state index in [9.17, 15) is 15.3 Å². The van der Waals surface area contributed by atoms with Gasteiger partial charge in [0.25, 0.3) is 0 Å². The Bertz CT molecular complexity index is 542. The van der Waals surface area contributed by atoms with E-state index in [1.165, 1.54) is 0 Å². The molecule has 0 spiro atoms. The number of benzene rings is 2. The van der Waals surface area contributed by atoms with Crippen LogP contribution in [0.1, 0.15) is 18.1 Å². The number of hydrogen-bond acceptors (Lipinski definition) is 4. The number of phenols is 1. The monoisotopic (exact) mass is 264 g/mol. The maximum Gasteiger partial charge on any atom is 0.129 e. The van der Waals surface area contributed by atoms with Crippen LogP contribution in [0, 0.1) is 0 Å². The SMILES string of the molecule is Oc1c(C(O)C(O)CCS)ccc2ccccc12. The van der Waals surface area contributed by atoms with Crippen molar-refractivity contribution in [2.24, 2.45) is 0 Å². The summed E-state index contributed by atoms with van der Waals surface area (Å²) in [7, 11) is 0. The maximum atomic E-state index is 10.1. The van der Waals surface area contributed by atoms with E-state index in [2.05, 4.69) is 12.6 Å². The van der Waals surface area contributed by atoms with Crippen molar-refractivity contribution < 1.29 is 15.3 Å². The van der Waals surface area contributed by atoms with E-state index in [1.54, 1.807) is 12.1 Å². The number of aliphatic hydroxyl groups is 2. The smallest absolute Gasteiger partial charge is 0.129 e. The van der Waals surface area contributed by atoms with Gasteiger partial charge in [0.2, 0.25) is 0 Å². The van der Waals surface area contributed by atoms with Gasteiger partial charge < -0.3 is 15.3 Å². The van der Waals surface area contributed by atoms with Gasteiger partial charge in [0.15, 0.2) is 0 Å². The predicted molar refractivity (Wildman–Crippen MR) is 75.0 cm³/mol. The van der Waals surface area contributed by atoms with Crippen molar-refractivity contribution in [3.63, 3.8) is 0 Å². The molecule has 0 bridgehead atoms. The molecule has 2 aromatic rings. The molecule has 2 rings (SSSR count). The van der Waals surface area contributed by atoms with Crippen LogP contribution in [0.2, 0.25) is 0 Å². The fourth-order valence-electron chi connectivity index (χ4n) is 2.01. The van der Waals surface area contributed by atoms with Crippen LogP contribution < -0.4 is 0 Å². The van der Waals surface area contributed by atoms with Crippen LogP contribution in [0.15, 0.2) is 36.4 Å². The molecule has 0 heterocycles. The third kappa shape index (κ3) is 2.46. The van der Waals surface area contributed by atoms with Gasteiger partial charge in [-0.3, -0.25) is 0 Å². The number of rotatable bonds is 4. The molecule has 2 unspecified atom stereocenters. The van der Waals surface area contributed by atoms with Gasteiger partial charge in [-0.05, 0) is 17.6 Å². The van der Waals surface area contributed by atoms with Gasteiger partial charge in [-0.25, -0.2) is 0 Å². The lowest BCUT2D eigenvalue weighted by atomic mass is 9.98. The average molecular weight is 264 g/mol. The van der Waals surface area contributed by atoms with Crippen molar-refractivity contribution in [2.75, 3.05) is 5.75 Å². The minimum absolute atomic E-state index is 0.0267. The summed E-state index contributed by atoms with van der Waals surface area (Å²) in [6, 6.07) is 10.8. The van der Waals surface area contributed by atoms with Gasteiger partial charge in [-0.2, -0.15) is 12.6 Å². The highest BCUT2D eigenvalue weighted by Gasteiger charge is 2.21. The number of aliphatic hydroxyl groups excluding tert-OH is 2. The highest BCUT2D eigenvalue weighted by molar-refractivity contribution is 7.80. The summed E-state index contributed by atoms with van der Waals surface area (Å²) in [5.41, 5.74) is 0.350. The van der Waals surface area contributed by atoms with Gasteiger partial charge in [0.05, 0.1) is 6.10 Å². The highest BCUT2D eigenvalue weighted by atomic mass is 32.1. The van der Waals surface area contributed by atoms with Crippen LogP contribution in [0.4, 0.5) is 0 Å². The summed E-state index contributed by atoms with van der Waals surface area (Å²) in [5, 5.41) is 31.5. The first-order valence-corrected chi connectivity index (χ1v) is 6.46.